The van der Waals surface area contributed by atoms with Crippen molar-refractivity contribution in [3.8, 4) is 5.75 Å². The first-order valence-corrected chi connectivity index (χ1v) is 11.2. The number of aromatic nitrogens is 2. The number of rotatable bonds is 5. The Balaban J connectivity index is 1.30. The number of halogens is 2. The van der Waals surface area contributed by atoms with Crippen molar-refractivity contribution in [2.45, 2.75) is 30.8 Å². The topological polar surface area (TPSA) is 76.3 Å². The lowest BCUT2D eigenvalue weighted by Gasteiger charge is -2.30. The molecule has 3 N–H and O–H groups in total. The van der Waals surface area contributed by atoms with E-state index in [2.05, 4.69) is 27.2 Å². The summed E-state index contributed by atoms with van der Waals surface area (Å²) in [6.07, 6.45) is 8.77. The molecule has 2 aliphatic carbocycles. The van der Waals surface area contributed by atoms with Crippen LogP contribution in [0.4, 0.5) is 15.9 Å². The van der Waals surface area contributed by atoms with E-state index in [9.17, 15) is 4.39 Å². The number of nitrogens with zero attached hydrogens (tertiary/aromatic N) is 3. The van der Waals surface area contributed by atoms with Crippen LogP contribution in [0.15, 0.2) is 42.4 Å². The summed E-state index contributed by atoms with van der Waals surface area (Å²) < 4.78 is 19.7. The van der Waals surface area contributed by atoms with E-state index in [0.717, 1.165) is 10.9 Å². The van der Waals surface area contributed by atoms with Gasteiger partial charge in [-0.3, -0.25) is 0 Å². The summed E-state index contributed by atoms with van der Waals surface area (Å²) in [7, 11) is 2.19. The van der Waals surface area contributed by atoms with Crippen molar-refractivity contribution in [2.24, 2.45) is 11.3 Å². The minimum absolute atomic E-state index is 0.470. The molecule has 3 unspecified atom stereocenters. The van der Waals surface area contributed by atoms with Gasteiger partial charge in [-0.1, -0.05) is 0 Å². The quantitative estimate of drug-likeness (QED) is 0.534. The lowest BCUT2D eigenvalue weighted by Crippen LogP contribution is -2.32. The Morgan fingerprint density at radius 2 is 2.13 bits per heavy atom. The number of allylic oxidation sites excluding steroid dienone is 3. The van der Waals surface area contributed by atoms with Crippen molar-refractivity contribution in [1.29, 1.82) is 0 Å². The second-order valence-corrected chi connectivity index (χ2v) is 9.51. The summed E-state index contributed by atoms with van der Waals surface area (Å²) in [5.74, 6) is 1.85. The highest BCUT2D eigenvalue weighted by atomic mass is 35.5. The van der Waals surface area contributed by atoms with Crippen LogP contribution in [-0.4, -0.2) is 53.2 Å². The van der Waals surface area contributed by atoms with Gasteiger partial charge in [-0.2, -0.15) is 0 Å². The molecular formula is C23H27ClFN5O. The zero-order chi connectivity index (χ0) is 21.6. The fourth-order valence-electron chi connectivity index (χ4n) is 4.70. The van der Waals surface area contributed by atoms with Crippen molar-refractivity contribution in [1.82, 2.24) is 14.9 Å². The zero-order valence-electron chi connectivity index (χ0n) is 17.5. The van der Waals surface area contributed by atoms with Crippen LogP contribution >= 0.6 is 11.6 Å². The Kier molecular flexibility index (Phi) is 5.26. The van der Waals surface area contributed by atoms with Gasteiger partial charge in [0.15, 0.2) is 0 Å². The molecule has 164 valence electrons. The van der Waals surface area contributed by atoms with Crippen LogP contribution in [0.5, 0.6) is 5.75 Å². The number of nitrogen functional groups attached to an aromatic ring is 1. The van der Waals surface area contributed by atoms with Gasteiger partial charge in [0, 0.05) is 17.1 Å². The van der Waals surface area contributed by atoms with Gasteiger partial charge >= 0.3 is 0 Å². The largest absolute Gasteiger partial charge is 0.491 e. The van der Waals surface area contributed by atoms with Gasteiger partial charge in [0.05, 0.1) is 23.2 Å². The number of piperidine rings is 1. The summed E-state index contributed by atoms with van der Waals surface area (Å²) >= 11 is 6.00. The first-order valence-electron chi connectivity index (χ1n) is 10.7. The van der Waals surface area contributed by atoms with Crippen LogP contribution < -0.4 is 15.8 Å². The number of benzene rings is 1. The van der Waals surface area contributed by atoms with Gasteiger partial charge in [0.25, 0.3) is 0 Å². The number of anilines is 2. The maximum atomic E-state index is 13.6. The number of hydrogen-bond donors (Lipinski definition) is 2. The number of fused-ring (bicyclic) bond motifs is 1. The molecule has 5 rings (SSSR count). The molecule has 31 heavy (non-hydrogen) atoms. The first-order chi connectivity index (χ1) is 14.9. The molecule has 1 saturated heterocycles. The maximum Gasteiger partial charge on any atom is 0.144 e. The highest BCUT2D eigenvalue weighted by molar-refractivity contribution is 6.22. The molecule has 6 nitrogen and oxygen atoms in total. The third-order valence-electron chi connectivity index (χ3n) is 6.91. The average molecular weight is 444 g/mol. The Labute approximate surface area is 186 Å². The predicted molar refractivity (Wildman–Crippen MR) is 122 cm³/mol. The smallest absolute Gasteiger partial charge is 0.144 e. The van der Waals surface area contributed by atoms with E-state index in [4.69, 9.17) is 22.1 Å². The van der Waals surface area contributed by atoms with Crippen LogP contribution in [0, 0.1) is 11.3 Å². The monoisotopic (exact) mass is 443 g/mol. The van der Waals surface area contributed by atoms with Gasteiger partial charge in [0.2, 0.25) is 0 Å². The predicted octanol–water partition coefficient (Wildman–Crippen LogP) is 4.13. The first kappa shape index (κ1) is 20.5. The van der Waals surface area contributed by atoms with Crippen molar-refractivity contribution in [3.05, 3.63) is 42.4 Å². The van der Waals surface area contributed by atoms with E-state index in [1.54, 1.807) is 12.2 Å². The van der Waals surface area contributed by atoms with Crippen molar-refractivity contribution < 1.29 is 9.13 Å². The van der Waals surface area contributed by atoms with Crippen molar-refractivity contribution >= 4 is 34.0 Å². The molecule has 0 bridgehead atoms. The van der Waals surface area contributed by atoms with Crippen LogP contribution in [0.25, 0.3) is 10.9 Å². The van der Waals surface area contributed by atoms with Gasteiger partial charge in [-0.25, -0.2) is 14.4 Å². The minimum Gasteiger partial charge on any atom is -0.491 e. The normalized spacial score (nSPS) is 27.3. The van der Waals surface area contributed by atoms with Gasteiger partial charge in [-0.15, -0.1) is 11.6 Å². The molecule has 1 aromatic carbocycles. The van der Waals surface area contributed by atoms with E-state index in [1.807, 2.05) is 12.1 Å². The summed E-state index contributed by atoms with van der Waals surface area (Å²) in [5.41, 5.74) is 8.75. The molecule has 1 spiro atoms. The fourth-order valence-corrected chi connectivity index (χ4v) is 4.92. The Hall–Kier alpha value is -2.38. The second kappa shape index (κ2) is 7.95. The molecule has 1 aromatic heterocycles. The number of likely N-dealkylation sites (tertiary alicyclic amines) is 1. The molecule has 3 atom stereocenters. The third-order valence-corrected chi connectivity index (χ3v) is 7.28. The Morgan fingerprint density at radius 1 is 1.32 bits per heavy atom. The molecule has 1 aliphatic heterocycles. The lowest BCUT2D eigenvalue weighted by molar-refractivity contribution is 0.175. The molecule has 2 heterocycles. The molecule has 8 heteroatoms. The highest BCUT2D eigenvalue weighted by Crippen LogP contribution is 2.59. The summed E-state index contributed by atoms with van der Waals surface area (Å²) in [6.45, 7) is 3.03. The van der Waals surface area contributed by atoms with E-state index < -0.39 is 11.5 Å². The minimum atomic E-state index is -1.19. The average Bonchev–Trinajstić information content (AvgIpc) is 3.44. The van der Waals surface area contributed by atoms with E-state index in [-0.39, 0.29) is 0 Å². The van der Waals surface area contributed by atoms with Gasteiger partial charge in [-0.05, 0) is 75.0 Å². The standard InChI is InChI=1S/C23H27ClFN5O/c1-30-6-4-23(5-7-30)11-14(23)12-31-21-10-20-16(9-19(21)26)22(28-13-27-20)29-15-2-3-18(25)17(24)8-15/h2-3,8-10,13-14,17-18H,4-7,11-12,26H2,1H3,(H,27,28,29). The van der Waals surface area contributed by atoms with E-state index in [1.165, 1.54) is 44.8 Å². The lowest BCUT2D eigenvalue weighted by atomic mass is 9.91. The van der Waals surface area contributed by atoms with E-state index >= 15 is 0 Å². The highest BCUT2D eigenvalue weighted by Gasteiger charge is 2.54. The van der Waals surface area contributed by atoms with Crippen molar-refractivity contribution in [2.75, 3.05) is 37.8 Å². The molecule has 0 amide bonds. The molecule has 1 saturated carbocycles. The number of ether oxygens (including phenoxy) is 1. The van der Waals surface area contributed by atoms with Crippen LogP contribution in [0.1, 0.15) is 19.3 Å². The van der Waals surface area contributed by atoms with Gasteiger partial charge in [0.1, 0.15) is 24.1 Å². The summed E-state index contributed by atoms with van der Waals surface area (Å²) in [6, 6.07) is 3.70. The number of hydrogen-bond acceptors (Lipinski definition) is 6. The van der Waals surface area contributed by atoms with Gasteiger partial charge < -0.3 is 20.7 Å². The Morgan fingerprint density at radius 3 is 2.90 bits per heavy atom. The molecule has 2 fully saturated rings. The molecule has 2 aromatic rings. The van der Waals surface area contributed by atoms with Crippen LogP contribution in [0.2, 0.25) is 0 Å². The zero-order valence-corrected chi connectivity index (χ0v) is 18.3. The van der Waals surface area contributed by atoms with Crippen LogP contribution in [-0.2, 0) is 0 Å². The molecular weight excluding hydrogens is 417 g/mol. The van der Waals surface area contributed by atoms with E-state index in [0.29, 0.717) is 40.9 Å². The number of nitrogens with one attached hydrogen (secondary N) is 1. The summed E-state index contributed by atoms with van der Waals surface area (Å²) in [5, 5.41) is 3.26. The second-order valence-electron chi connectivity index (χ2n) is 9.00. The Bertz CT molecular complexity index is 1050. The number of alkyl halides is 2. The molecule has 3 aliphatic rings. The SMILES string of the molecule is CN1CCC2(CC1)CC2COc1cc2ncnc(NC3=CC(Cl)C(F)C=C3)c2cc1N. The van der Waals surface area contributed by atoms with Crippen LogP contribution in [0.3, 0.4) is 0 Å². The number of nitrogens with two attached hydrogens (primary N) is 1. The van der Waals surface area contributed by atoms with Crippen molar-refractivity contribution in [3.63, 3.8) is 0 Å². The third kappa shape index (κ3) is 4.08. The summed E-state index contributed by atoms with van der Waals surface area (Å²) in [4.78, 5) is 11.1. The molecule has 0 radical (unpaired) electrons. The maximum absolute atomic E-state index is 13.6. The fraction of sp³-hybridized carbons (Fsp3) is 0.478.